The second kappa shape index (κ2) is 10.8. The quantitative estimate of drug-likeness (QED) is 0.449. The fourth-order valence-corrected chi connectivity index (χ4v) is 5.66. The Labute approximate surface area is 212 Å². The minimum Gasteiger partial charge on any atom is -0.458 e. The van der Waals surface area contributed by atoms with Gasteiger partial charge in [-0.2, -0.15) is 0 Å². The number of hydrogen-bond donors (Lipinski definition) is 2. The van der Waals surface area contributed by atoms with Crippen LogP contribution in [0.5, 0.6) is 0 Å². The normalized spacial score (nSPS) is 37.5. The first-order valence-electron chi connectivity index (χ1n) is 12.6. The molecule has 196 valence electrons. The van der Waals surface area contributed by atoms with Crippen LogP contribution in [0.25, 0.3) is 6.08 Å². The van der Waals surface area contributed by atoms with Gasteiger partial charge in [0.05, 0.1) is 46.5 Å². The smallest absolute Gasteiger partial charge is 0.309 e. The zero-order valence-electron chi connectivity index (χ0n) is 22.0. The standard InChI is InChI=1S/C27H41NO6S/c1-15-9-8-10-22-27(7,34-22)13-20(16(2)11-19-14-35-18(4)28-19)33-23(30)12-21(29)26(5,6)25(32)17(3)24(15)31/h11,14-15,17,20-22,24,29,31H,8-10,12-13H2,1-7H3/t15-,17+,20-,21-,22-,24-,27-/m0/s1. The van der Waals surface area contributed by atoms with Crippen molar-refractivity contribution in [2.45, 2.75) is 111 Å². The average Bonchev–Trinajstić information content (AvgIpc) is 3.23. The van der Waals surface area contributed by atoms with Gasteiger partial charge >= 0.3 is 5.97 Å². The van der Waals surface area contributed by atoms with E-state index in [0.29, 0.717) is 6.42 Å². The van der Waals surface area contributed by atoms with E-state index >= 15 is 0 Å². The fraction of sp³-hybridized carbons (Fsp3) is 0.741. The Kier molecular flexibility index (Phi) is 8.62. The molecule has 7 atom stereocenters. The molecule has 2 N–H and O–H groups in total. The Bertz CT molecular complexity index is 955. The molecular weight excluding hydrogens is 466 g/mol. The molecule has 2 aliphatic rings. The third kappa shape index (κ3) is 6.59. The van der Waals surface area contributed by atoms with Crippen LogP contribution in [0.4, 0.5) is 0 Å². The number of carbonyl (C=O) groups is 2. The number of Topliss-reactive ketones (excluding diaryl/α,β-unsaturated/α-hetero) is 1. The first-order chi connectivity index (χ1) is 16.2. The zero-order valence-corrected chi connectivity index (χ0v) is 22.9. The number of nitrogens with zero attached hydrogens (tertiary/aromatic N) is 1. The molecular formula is C27H41NO6S. The van der Waals surface area contributed by atoms with E-state index in [4.69, 9.17) is 9.47 Å². The third-order valence-electron chi connectivity index (χ3n) is 7.88. The van der Waals surface area contributed by atoms with Gasteiger partial charge in [-0.15, -0.1) is 11.3 Å². The summed E-state index contributed by atoms with van der Waals surface area (Å²) in [6, 6.07) is 0. The van der Waals surface area contributed by atoms with E-state index in [2.05, 4.69) is 4.98 Å². The number of hydrogen-bond acceptors (Lipinski definition) is 8. The second-order valence-corrected chi connectivity index (χ2v) is 12.3. The highest BCUT2D eigenvalue weighted by molar-refractivity contribution is 7.09. The number of thiazole rings is 1. The predicted molar refractivity (Wildman–Crippen MR) is 136 cm³/mol. The van der Waals surface area contributed by atoms with E-state index in [1.165, 1.54) is 0 Å². The lowest BCUT2D eigenvalue weighted by molar-refractivity contribution is -0.154. The van der Waals surface area contributed by atoms with E-state index in [1.54, 1.807) is 32.1 Å². The molecule has 1 aromatic heterocycles. The molecule has 2 saturated heterocycles. The first kappa shape index (κ1) is 28.0. The van der Waals surface area contributed by atoms with Crippen LogP contribution < -0.4 is 0 Å². The van der Waals surface area contributed by atoms with Gasteiger partial charge in [-0.3, -0.25) is 9.59 Å². The van der Waals surface area contributed by atoms with Gasteiger partial charge in [0.25, 0.3) is 0 Å². The lowest BCUT2D eigenvalue weighted by Crippen LogP contribution is -2.45. The van der Waals surface area contributed by atoms with Crippen LogP contribution in [0.3, 0.4) is 0 Å². The van der Waals surface area contributed by atoms with Crippen LogP contribution in [-0.2, 0) is 19.1 Å². The molecule has 0 unspecified atom stereocenters. The molecule has 3 rings (SSSR count). The van der Waals surface area contributed by atoms with Crippen molar-refractivity contribution in [3.63, 3.8) is 0 Å². The number of ether oxygens (including phenoxy) is 2. The number of aromatic nitrogens is 1. The van der Waals surface area contributed by atoms with Crippen molar-refractivity contribution in [3.8, 4) is 0 Å². The van der Waals surface area contributed by atoms with Gasteiger partial charge in [-0.25, -0.2) is 4.98 Å². The number of epoxide rings is 1. The number of fused-ring (bicyclic) bond motifs is 1. The van der Waals surface area contributed by atoms with Gasteiger partial charge < -0.3 is 19.7 Å². The lowest BCUT2D eigenvalue weighted by atomic mass is 9.73. The maximum absolute atomic E-state index is 13.2. The molecule has 0 amide bonds. The van der Waals surface area contributed by atoms with E-state index < -0.39 is 41.2 Å². The van der Waals surface area contributed by atoms with Crippen LogP contribution in [0.15, 0.2) is 11.0 Å². The van der Waals surface area contributed by atoms with Crippen molar-refractivity contribution >= 4 is 29.2 Å². The van der Waals surface area contributed by atoms with Crippen molar-refractivity contribution in [1.82, 2.24) is 4.98 Å². The van der Waals surface area contributed by atoms with Gasteiger partial charge in [0.15, 0.2) is 0 Å². The fourth-order valence-electron chi connectivity index (χ4n) is 5.09. The van der Waals surface area contributed by atoms with Gasteiger partial charge in [-0.05, 0) is 51.2 Å². The van der Waals surface area contributed by atoms with Gasteiger partial charge in [0.2, 0.25) is 0 Å². The number of aryl methyl sites for hydroxylation is 1. The zero-order chi connectivity index (χ0) is 26.1. The van der Waals surface area contributed by atoms with Crippen molar-refractivity contribution < 1.29 is 29.3 Å². The van der Waals surface area contributed by atoms with Crippen LogP contribution in [0, 0.1) is 24.2 Å². The maximum Gasteiger partial charge on any atom is 0.309 e. The molecule has 2 fully saturated rings. The highest BCUT2D eigenvalue weighted by Gasteiger charge is 2.53. The summed E-state index contributed by atoms with van der Waals surface area (Å²) in [4.78, 5) is 30.6. The second-order valence-electron chi connectivity index (χ2n) is 11.3. The summed E-state index contributed by atoms with van der Waals surface area (Å²) in [5.41, 5.74) is 0.0686. The Morgan fingerprint density at radius 3 is 2.51 bits per heavy atom. The molecule has 0 aromatic carbocycles. The summed E-state index contributed by atoms with van der Waals surface area (Å²) in [6.07, 6.45) is 2.08. The van der Waals surface area contributed by atoms with Gasteiger partial charge in [0.1, 0.15) is 11.9 Å². The Morgan fingerprint density at radius 1 is 1.20 bits per heavy atom. The molecule has 2 aliphatic heterocycles. The van der Waals surface area contributed by atoms with Crippen molar-refractivity contribution in [2.24, 2.45) is 17.3 Å². The van der Waals surface area contributed by atoms with Crippen LogP contribution in [-0.4, -0.2) is 57.0 Å². The number of cyclic esters (lactones) is 1. The molecule has 35 heavy (non-hydrogen) atoms. The number of aliphatic hydroxyl groups excluding tert-OH is 2. The van der Waals surface area contributed by atoms with Crippen molar-refractivity contribution in [1.29, 1.82) is 0 Å². The summed E-state index contributed by atoms with van der Waals surface area (Å²) in [5, 5.41) is 24.6. The Hall–Kier alpha value is -1.61. The van der Waals surface area contributed by atoms with Gasteiger partial charge in [-0.1, -0.05) is 34.1 Å². The summed E-state index contributed by atoms with van der Waals surface area (Å²) >= 11 is 1.56. The molecule has 7 nitrogen and oxygen atoms in total. The number of esters is 1. The van der Waals surface area contributed by atoms with E-state index in [1.807, 2.05) is 39.2 Å². The van der Waals surface area contributed by atoms with Crippen LogP contribution in [0.2, 0.25) is 0 Å². The summed E-state index contributed by atoms with van der Waals surface area (Å²) in [7, 11) is 0. The van der Waals surface area contributed by atoms with E-state index in [0.717, 1.165) is 35.5 Å². The maximum atomic E-state index is 13.2. The number of rotatable bonds is 2. The Morgan fingerprint density at radius 2 is 1.89 bits per heavy atom. The van der Waals surface area contributed by atoms with Crippen molar-refractivity contribution in [3.05, 3.63) is 21.7 Å². The van der Waals surface area contributed by atoms with Crippen molar-refractivity contribution in [2.75, 3.05) is 0 Å². The van der Waals surface area contributed by atoms with Crippen LogP contribution >= 0.6 is 11.3 Å². The Balaban J connectivity index is 1.86. The summed E-state index contributed by atoms with van der Waals surface area (Å²) in [6.45, 7) is 12.8. The van der Waals surface area contributed by atoms with E-state index in [-0.39, 0.29) is 24.2 Å². The van der Waals surface area contributed by atoms with Gasteiger partial charge in [0, 0.05) is 17.7 Å². The largest absolute Gasteiger partial charge is 0.458 e. The molecule has 0 aliphatic carbocycles. The number of carbonyl (C=O) groups excluding carboxylic acids is 2. The monoisotopic (exact) mass is 507 g/mol. The minimum atomic E-state index is -1.23. The van der Waals surface area contributed by atoms with E-state index in [9.17, 15) is 19.8 Å². The highest BCUT2D eigenvalue weighted by Crippen LogP contribution is 2.45. The summed E-state index contributed by atoms with van der Waals surface area (Å²) in [5.74, 6) is -1.54. The SMILES string of the molecule is CC(=Cc1csc(C)n1)[C@@H]1C[C@]2(C)O[C@H]2CCC[C@H](C)[C@H](O)[C@@H](C)C(=O)C(C)(C)[C@@H](O)CC(=O)O1. The molecule has 0 saturated carbocycles. The number of aliphatic hydroxyl groups is 2. The molecule has 0 radical (unpaired) electrons. The highest BCUT2D eigenvalue weighted by atomic mass is 32.1. The third-order valence-corrected chi connectivity index (χ3v) is 8.67. The van der Waals surface area contributed by atoms with Crippen LogP contribution in [0.1, 0.15) is 84.3 Å². The molecule has 0 spiro atoms. The lowest BCUT2D eigenvalue weighted by Gasteiger charge is -2.34. The number of ketones is 1. The summed E-state index contributed by atoms with van der Waals surface area (Å²) < 4.78 is 11.9. The molecule has 0 bridgehead atoms. The topological polar surface area (TPSA) is 109 Å². The average molecular weight is 508 g/mol. The minimum absolute atomic E-state index is 0.0545. The molecule has 8 heteroatoms. The molecule has 1 aromatic rings. The first-order valence-corrected chi connectivity index (χ1v) is 13.5. The molecule has 3 heterocycles. The predicted octanol–water partition coefficient (Wildman–Crippen LogP) is 4.48.